The van der Waals surface area contributed by atoms with Gasteiger partial charge in [0.25, 0.3) is 0 Å². The molecule has 8 heteroatoms. The van der Waals surface area contributed by atoms with E-state index in [0.717, 1.165) is 23.2 Å². The molecule has 2 amide bonds. The molecule has 2 aromatic heterocycles. The number of anilines is 1. The standard InChI is InChI=1S/C19H23FN6O/c1-4-16(17-8-9-21-25(17)3)23-19(27)24-18-13(2)11-22-26(18)12-14-6-5-7-15(20)10-14/h5-11,16H,4,12H2,1-3H3,(H2,23,24,27)/t16-/m1/s1. The fourth-order valence-corrected chi connectivity index (χ4v) is 2.98. The summed E-state index contributed by atoms with van der Waals surface area (Å²) >= 11 is 0. The van der Waals surface area contributed by atoms with Crippen molar-refractivity contribution >= 4 is 11.8 Å². The van der Waals surface area contributed by atoms with Crippen molar-refractivity contribution in [2.75, 3.05) is 5.32 Å². The highest BCUT2D eigenvalue weighted by molar-refractivity contribution is 5.89. The summed E-state index contributed by atoms with van der Waals surface area (Å²) in [5.41, 5.74) is 2.52. The maximum Gasteiger partial charge on any atom is 0.320 e. The minimum absolute atomic E-state index is 0.155. The molecule has 0 aliphatic carbocycles. The molecule has 0 unspecified atom stereocenters. The smallest absolute Gasteiger partial charge is 0.320 e. The van der Waals surface area contributed by atoms with Crippen LogP contribution in [0.2, 0.25) is 0 Å². The van der Waals surface area contributed by atoms with Crippen LogP contribution in [0.3, 0.4) is 0 Å². The van der Waals surface area contributed by atoms with Gasteiger partial charge in [0.1, 0.15) is 11.6 Å². The first-order valence-electron chi connectivity index (χ1n) is 8.80. The first-order valence-corrected chi connectivity index (χ1v) is 8.80. The number of benzene rings is 1. The van der Waals surface area contributed by atoms with E-state index in [0.29, 0.717) is 12.4 Å². The van der Waals surface area contributed by atoms with Gasteiger partial charge in [-0.15, -0.1) is 0 Å². The van der Waals surface area contributed by atoms with E-state index in [1.54, 1.807) is 27.8 Å². The van der Waals surface area contributed by atoms with Crippen LogP contribution in [0.1, 0.15) is 36.2 Å². The average molecular weight is 370 g/mol. The number of aryl methyl sites for hydroxylation is 2. The Morgan fingerprint density at radius 3 is 2.78 bits per heavy atom. The molecule has 27 heavy (non-hydrogen) atoms. The van der Waals surface area contributed by atoms with Gasteiger partial charge in [0.05, 0.1) is 24.5 Å². The van der Waals surface area contributed by atoms with Gasteiger partial charge >= 0.3 is 6.03 Å². The molecular weight excluding hydrogens is 347 g/mol. The number of nitrogens with zero attached hydrogens (tertiary/aromatic N) is 4. The maximum absolute atomic E-state index is 13.4. The van der Waals surface area contributed by atoms with Crippen molar-refractivity contribution in [1.82, 2.24) is 24.9 Å². The Morgan fingerprint density at radius 1 is 1.30 bits per heavy atom. The molecule has 7 nitrogen and oxygen atoms in total. The van der Waals surface area contributed by atoms with E-state index in [9.17, 15) is 9.18 Å². The van der Waals surface area contributed by atoms with Gasteiger partial charge in [0.2, 0.25) is 0 Å². The third kappa shape index (κ3) is 4.33. The van der Waals surface area contributed by atoms with Crippen molar-refractivity contribution in [3.05, 3.63) is 65.4 Å². The molecule has 1 atom stereocenters. The van der Waals surface area contributed by atoms with Crippen LogP contribution >= 0.6 is 0 Å². The highest BCUT2D eigenvalue weighted by Gasteiger charge is 2.18. The van der Waals surface area contributed by atoms with Crippen molar-refractivity contribution in [3.8, 4) is 0 Å². The summed E-state index contributed by atoms with van der Waals surface area (Å²) in [6, 6.07) is 7.72. The second-order valence-corrected chi connectivity index (χ2v) is 6.40. The zero-order valence-electron chi connectivity index (χ0n) is 15.6. The number of halogens is 1. The third-order valence-electron chi connectivity index (χ3n) is 4.41. The van der Waals surface area contributed by atoms with Gasteiger partial charge in [0.15, 0.2) is 0 Å². The fourth-order valence-electron chi connectivity index (χ4n) is 2.98. The summed E-state index contributed by atoms with van der Waals surface area (Å²) in [7, 11) is 1.84. The SMILES string of the molecule is CC[C@@H](NC(=O)Nc1c(C)cnn1Cc1cccc(F)c1)c1ccnn1C. The van der Waals surface area contributed by atoms with E-state index in [1.165, 1.54) is 12.1 Å². The molecule has 3 aromatic rings. The largest absolute Gasteiger partial charge is 0.329 e. The van der Waals surface area contributed by atoms with E-state index in [-0.39, 0.29) is 17.9 Å². The summed E-state index contributed by atoms with van der Waals surface area (Å²) in [5.74, 6) is 0.280. The molecule has 0 radical (unpaired) electrons. The van der Waals surface area contributed by atoms with Crippen LogP contribution in [0.15, 0.2) is 42.7 Å². The van der Waals surface area contributed by atoms with Gasteiger partial charge in [0, 0.05) is 18.8 Å². The minimum atomic E-state index is -0.327. The molecule has 142 valence electrons. The van der Waals surface area contributed by atoms with Crippen molar-refractivity contribution in [3.63, 3.8) is 0 Å². The predicted octanol–water partition coefficient (Wildman–Crippen LogP) is 3.39. The van der Waals surface area contributed by atoms with Crippen LogP contribution in [0.4, 0.5) is 15.0 Å². The topological polar surface area (TPSA) is 76.8 Å². The van der Waals surface area contributed by atoms with Gasteiger partial charge in [-0.05, 0) is 37.1 Å². The van der Waals surface area contributed by atoms with Crippen molar-refractivity contribution in [1.29, 1.82) is 0 Å². The Hall–Kier alpha value is -3.16. The number of carbonyl (C=O) groups is 1. The summed E-state index contributed by atoms with van der Waals surface area (Å²) in [5, 5.41) is 14.3. The average Bonchev–Trinajstić information content (AvgIpc) is 3.20. The van der Waals surface area contributed by atoms with E-state index in [1.807, 2.05) is 33.0 Å². The predicted molar refractivity (Wildman–Crippen MR) is 101 cm³/mol. The van der Waals surface area contributed by atoms with Crippen LogP contribution in [0, 0.1) is 12.7 Å². The number of urea groups is 1. The fraction of sp³-hybridized carbons (Fsp3) is 0.316. The molecule has 0 aliphatic heterocycles. The lowest BCUT2D eigenvalue weighted by Crippen LogP contribution is -2.34. The van der Waals surface area contributed by atoms with Gasteiger partial charge in [-0.1, -0.05) is 19.1 Å². The van der Waals surface area contributed by atoms with Gasteiger partial charge in [-0.3, -0.25) is 10.00 Å². The van der Waals surface area contributed by atoms with Crippen molar-refractivity contribution in [2.45, 2.75) is 32.9 Å². The van der Waals surface area contributed by atoms with E-state index >= 15 is 0 Å². The molecule has 0 saturated carbocycles. The highest BCUT2D eigenvalue weighted by atomic mass is 19.1. The van der Waals surface area contributed by atoms with Crippen LogP contribution in [0.5, 0.6) is 0 Å². The van der Waals surface area contributed by atoms with E-state index in [2.05, 4.69) is 20.8 Å². The number of hydrogen-bond donors (Lipinski definition) is 2. The Bertz CT molecular complexity index is 932. The van der Waals surface area contributed by atoms with Crippen LogP contribution in [-0.2, 0) is 13.6 Å². The number of aromatic nitrogens is 4. The number of rotatable bonds is 6. The van der Waals surface area contributed by atoms with Crippen LogP contribution < -0.4 is 10.6 Å². The molecule has 0 bridgehead atoms. The van der Waals surface area contributed by atoms with Gasteiger partial charge in [-0.25, -0.2) is 13.9 Å². The zero-order chi connectivity index (χ0) is 19.4. The highest BCUT2D eigenvalue weighted by Crippen LogP contribution is 2.18. The Morgan fingerprint density at radius 2 is 2.11 bits per heavy atom. The molecule has 0 spiro atoms. The molecule has 1 aromatic carbocycles. The molecule has 2 N–H and O–H groups in total. The lowest BCUT2D eigenvalue weighted by Gasteiger charge is -2.18. The Balaban J connectivity index is 1.72. The second-order valence-electron chi connectivity index (χ2n) is 6.40. The molecular formula is C19H23FN6O. The molecule has 0 fully saturated rings. The molecule has 3 rings (SSSR count). The normalized spacial score (nSPS) is 12.0. The number of hydrogen-bond acceptors (Lipinski definition) is 3. The lowest BCUT2D eigenvalue weighted by atomic mass is 10.1. The van der Waals surface area contributed by atoms with Crippen LogP contribution in [0.25, 0.3) is 0 Å². The zero-order valence-corrected chi connectivity index (χ0v) is 15.6. The van der Waals surface area contributed by atoms with E-state index < -0.39 is 0 Å². The van der Waals surface area contributed by atoms with Crippen molar-refractivity contribution in [2.24, 2.45) is 7.05 Å². The Kier molecular flexibility index (Phi) is 5.54. The summed E-state index contributed by atoms with van der Waals surface area (Å²) in [4.78, 5) is 12.5. The molecule has 0 saturated heterocycles. The van der Waals surface area contributed by atoms with Crippen molar-refractivity contribution < 1.29 is 9.18 Å². The quantitative estimate of drug-likeness (QED) is 0.698. The Labute approximate surface area is 157 Å². The number of carbonyl (C=O) groups excluding carboxylic acids is 1. The minimum Gasteiger partial charge on any atom is -0.329 e. The van der Waals surface area contributed by atoms with Gasteiger partial charge < -0.3 is 5.32 Å². The third-order valence-corrected chi connectivity index (χ3v) is 4.41. The maximum atomic E-state index is 13.4. The first kappa shape index (κ1) is 18.6. The second kappa shape index (κ2) is 8.03. The molecule has 0 aliphatic rings. The van der Waals surface area contributed by atoms with E-state index in [4.69, 9.17) is 0 Å². The summed E-state index contributed by atoms with van der Waals surface area (Å²) in [6.07, 6.45) is 4.11. The summed E-state index contributed by atoms with van der Waals surface area (Å²) < 4.78 is 16.8. The van der Waals surface area contributed by atoms with Crippen LogP contribution in [-0.4, -0.2) is 25.6 Å². The number of amides is 2. The monoisotopic (exact) mass is 370 g/mol. The van der Waals surface area contributed by atoms with Gasteiger partial charge in [-0.2, -0.15) is 10.2 Å². The lowest BCUT2D eigenvalue weighted by molar-refractivity contribution is 0.247. The summed E-state index contributed by atoms with van der Waals surface area (Å²) in [6.45, 7) is 4.22. The number of nitrogens with one attached hydrogen (secondary N) is 2. The molecule has 2 heterocycles. The first-order chi connectivity index (χ1) is 13.0.